The normalized spacial score (nSPS) is 36.4. The van der Waals surface area contributed by atoms with Crippen LogP contribution in [0.3, 0.4) is 0 Å². The van der Waals surface area contributed by atoms with Crippen LogP contribution in [-0.2, 0) is 30.1 Å². The highest BCUT2D eigenvalue weighted by atomic mass is 32.5. The molecular weight excluding hydrogens is 417 g/mol. The average Bonchev–Trinajstić information content (AvgIpc) is 2.84. The van der Waals surface area contributed by atoms with Crippen molar-refractivity contribution in [2.24, 2.45) is 0 Å². The molecule has 1 aromatic rings. The van der Waals surface area contributed by atoms with Gasteiger partial charge in [0.25, 0.3) is 6.43 Å². The van der Waals surface area contributed by atoms with Crippen LogP contribution in [0.15, 0.2) is 11.0 Å². The van der Waals surface area contributed by atoms with Crippen molar-refractivity contribution >= 4 is 24.3 Å². The second-order valence-electron chi connectivity index (χ2n) is 6.27. The number of rotatable bonds is 4. The SMILES string of the molecule is CC(C)OP1(=S)OC[C@]2(C(F)F)O[C@H](n3cc(F)c(N)nc3=O)[C@@H](F)[C@H]2O1. The Kier molecular flexibility index (Phi) is 5.38. The van der Waals surface area contributed by atoms with E-state index in [0.29, 0.717) is 10.8 Å². The van der Waals surface area contributed by atoms with Crippen molar-refractivity contribution in [2.45, 2.75) is 50.5 Å². The molecule has 0 aliphatic carbocycles. The minimum absolute atomic E-state index is 0.398. The lowest BCUT2D eigenvalue weighted by atomic mass is 9.97. The predicted octanol–water partition coefficient (Wildman–Crippen LogP) is 1.90. The lowest BCUT2D eigenvalue weighted by Gasteiger charge is -2.41. The first-order chi connectivity index (χ1) is 12.5. The number of nitrogen functional groups attached to an aromatic ring is 1. The highest BCUT2D eigenvalue weighted by Crippen LogP contribution is 2.61. The van der Waals surface area contributed by atoms with Gasteiger partial charge in [0, 0.05) is 0 Å². The van der Waals surface area contributed by atoms with Gasteiger partial charge in [-0.05, 0) is 25.7 Å². The van der Waals surface area contributed by atoms with Crippen LogP contribution in [0.5, 0.6) is 0 Å². The number of nitrogens with two attached hydrogens (primary N) is 1. The summed E-state index contributed by atoms with van der Waals surface area (Å²) in [6, 6.07) is 0. The monoisotopic (exact) mass is 433 g/mol. The minimum Gasteiger partial charge on any atom is -0.381 e. The van der Waals surface area contributed by atoms with Crippen LogP contribution >= 0.6 is 6.72 Å². The highest BCUT2D eigenvalue weighted by molar-refractivity contribution is 8.07. The first-order valence-corrected chi connectivity index (χ1v) is 10.3. The Bertz CT molecular complexity index is 843. The Morgan fingerprint density at radius 2 is 2.19 bits per heavy atom. The van der Waals surface area contributed by atoms with Crippen molar-refractivity contribution in [1.82, 2.24) is 9.55 Å². The summed E-state index contributed by atoms with van der Waals surface area (Å²) in [5, 5.41) is 0. The maximum Gasteiger partial charge on any atom is 0.351 e. The van der Waals surface area contributed by atoms with Gasteiger partial charge < -0.3 is 19.5 Å². The molecule has 0 aromatic carbocycles. The van der Waals surface area contributed by atoms with Crippen LogP contribution in [0, 0.1) is 5.82 Å². The summed E-state index contributed by atoms with van der Waals surface area (Å²) in [5.74, 6) is -1.86. The summed E-state index contributed by atoms with van der Waals surface area (Å²) in [4.78, 5) is 15.1. The summed E-state index contributed by atoms with van der Waals surface area (Å²) in [6.07, 6.45) is -9.33. The predicted molar refractivity (Wildman–Crippen MR) is 88.0 cm³/mol. The standard InChI is InChI=1S/C13H16F4N3O5PS/c1-5(2)24-26(27)22-4-13(11(16)17)8(25-26)7(15)10(23-13)20-3-6(14)9(18)19-12(20)21/h3,5,7-8,10-11H,4H2,1-2H3,(H2,18,19,21)/t7-,8+,10-,13-,26?/m0/s1. The lowest BCUT2D eigenvalue weighted by Crippen LogP contribution is -2.55. The molecule has 2 N–H and O–H groups in total. The van der Waals surface area contributed by atoms with E-state index in [1.807, 2.05) is 0 Å². The van der Waals surface area contributed by atoms with Crippen LogP contribution < -0.4 is 11.4 Å². The van der Waals surface area contributed by atoms with E-state index in [9.17, 15) is 18.0 Å². The van der Waals surface area contributed by atoms with Crippen molar-refractivity contribution in [3.63, 3.8) is 0 Å². The smallest absolute Gasteiger partial charge is 0.351 e. The van der Waals surface area contributed by atoms with Crippen molar-refractivity contribution in [3.05, 3.63) is 22.5 Å². The molecule has 2 aliphatic rings. The molecule has 27 heavy (non-hydrogen) atoms. The Hall–Kier alpha value is -1.11. The van der Waals surface area contributed by atoms with E-state index in [1.165, 1.54) is 0 Å². The van der Waals surface area contributed by atoms with Crippen LogP contribution in [0.1, 0.15) is 20.1 Å². The second kappa shape index (κ2) is 7.05. The number of hydrogen-bond donors (Lipinski definition) is 1. The molecule has 0 saturated carbocycles. The molecular formula is C13H16F4N3O5PS. The highest BCUT2D eigenvalue weighted by Gasteiger charge is 2.67. The number of fused-ring (bicyclic) bond motifs is 1. The van der Waals surface area contributed by atoms with E-state index in [4.69, 9.17) is 35.8 Å². The Labute approximate surface area is 155 Å². The fourth-order valence-electron chi connectivity index (χ4n) is 2.79. The van der Waals surface area contributed by atoms with Crippen LogP contribution in [-0.4, -0.2) is 46.6 Å². The van der Waals surface area contributed by atoms with Crippen molar-refractivity contribution in [1.29, 1.82) is 0 Å². The van der Waals surface area contributed by atoms with E-state index in [2.05, 4.69) is 4.98 Å². The first-order valence-electron chi connectivity index (χ1n) is 7.74. The number of halogens is 4. The van der Waals surface area contributed by atoms with Crippen molar-refractivity contribution in [2.75, 3.05) is 12.3 Å². The van der Waals surface area contributed by atoms with E-state index in [0.717, 1.165) is 0 Å². The Morgan fingerprint density at radius 3 is 2.78 bits per heavy atom. The van der Waals surface area contributed by atoms with Gasteiger partial charge in [-0.15, -0.1) is 0 Å². The third-order valence-corrected chi connectivity index (χ3v) is 6.43. The maximum absolute atomic E-state index is 15.0. The van der Waals surface area contributed by atoms with Gasteiger partial charge in [0.1, 0.15) is 6.10 Å². The molecule has 0 spiro atoms. The van der Waals surface area contributed by atoms with Gasteiger partial charge >= 0.3 is 12.4 Å². The molecule has 1 unspecified atom stereocenters. The zero-order valence-electron chi connectivity index (χ0n) is 14.1. The minimum atomic E-state index is -3.52. The second-order valence-corrected chi connectivity index (χ2v) is 9.19. The van der Waals surface area contributed by atoms with E-state index in [-0.39, 0.29) is 0 Å². The molecule has 3 rings (SSSR count). The molecule has 152 valence electrons. The average molecular weight is 433 g/mol. The van der Waals surface area contributed by atoms with E-state index in [1.54, 1.807) is 13.8 Å². The van der Waals surface area contributed by atoms with Crippen molar-refractivity contribution in [3.8, 4) is 0 Å². The molecule has 14 heteroatoms. The topological polar surface area (TPSA) is 97.8 Å². The quantitative estimate of drug-likeness (QED) is 0.568. The Morgan fingerprint density at radius 1 is 1.52 bits per heavy atom. The molecule has 5 atom stereocenters. The summed E-state index contributed by atoms with van der Waals surface area (Å²) >= 11 is 5.08. The lowest BCUT2D eigenvalue weighted by molar-refractivity contribution is -0.204. The number of hydrogen-bond acceptors (Lipinski definition) is 8. The van der Waals surface area contributed by atoms with Gasteiger partial charge in [-0.1, -0.05) is 0 Å². The van der Waals surface area contributed by atoms with Gasteiger partial charge in [0.15, 0.2) is 29.6 Å². The molecule has 1 aromatic heterocycles. The van der Waals surface area contributed by atoms with Gasteiger partial charge in [0.05, 0.1) is 18.9 Å². The molecule has 2 aliphatic heterocycles. The first kappa shape index (κ1) is 20.6. The fourth-order valence-corrected chi connectivity index (χ4v) is 5.36. The summed E-state index contributed by atoms with van der Waals surface area (Å²) < 4.78 is 77.6. The summed E-state index contributed by atoms with van der Waals surface area (Å²) in [7, 11) is 0. The van der Waals surface area contributed by atoms with Crippen LogP contribution in [0.2, 0.25) is 0 Å². The van der Waals surface area contributed by atoms with Crippen LogP contribution in [0.25, 0.3) is 0 Å². The fraction of sp³-hybridized carbons (Fsp3) is 0.692. The Balaban J connectivity index is 2.00. The van der Waals surface area contributed by atoms with Gasteiger partial charge in [-0.2, -0.15) is 4.98 Å². The third-order valence-electron chi connectivity index (χ3n) is 3.99. The molecule has 0 bridgehead atoms. The van der Waals surface area contributed by atoms with Crippen LogP contribution in [0.4, 0.5) is 23.4 Å². The molecule has 0 radical (unpaired) electrons. The van der Waals surface area contributed by atoms with Gasteiger partial charge in [0.2, 0.25) is 0 Å². The molecule has 8 nitrogen and oxygen atoms in total. The van der Waals surface area contributed by atoms with Gasteiger partial charge in [-0.25, -0.2) is 22.4 Å². The maximum atomic E-state index is 15.0. The molecule has 2 fully saturated rings. The molecule has 0 amide bonds. The third kappa shape index (κ3) is 3.52. The zero-order chi connectivity index (χ0) is 20.1. The van der Waals surface area contributed by atoms with Crippen molar-refractivity contribution < 1.29 is 35.9 Å². The van der Waals surface area contributed by atoms with Gasteiger partial charge in [-0.3, -0.25) is 9.09 Å². The van der Waals surface area contributed by atoms with E-state index < -0.39 is 67.3 Å². The summed E-state index contributed by atoms with van der Waals surface area (Å²) in [6.45, 7) is -1.13. The molecule has 3 heterocycles. The number of alkyl halides is 3. The number of nitrogens with zero attached hydrogens (tertiary/aromatic N) is 2. The van der Waals surface area contributed by atoms with E-state index >= 15 is 4.39 Å². The number of aromatic nitrogens is 2. The number of ether oxygens (including phenoxy) is 1. The number of anilines is 1. The summed E-state index contributed by atoms with van der Waals surface area (Å²) in [5.41, 5.74) is 1.44. The molecule has 2 saturated heterocycles. The zero-order valence-corrected chi connectivity index (χ0v) is 15.8. The largest absolute Gasteiger partial charge is 0.381 e.